The van der Waals surface area contributed by atoms with Gasteiger partial charge in [-0.3, -0.25) is 4.72 Å². The van der Waals surface area contributed by atoms with Crippen LogP contribution in [0.5, 0.6) is 5.75 Å². The molecule has 0 aliphatic heterocycles. The van der Waals surface area contributed by atoms with Gasteiger partial charge >= 0.3 is 6.61 Å². The van der Waals surface area contributed by atoms with Gasteiger partial charge in [0.1, 0.15) is 10.6 Å². The van der Waals surface area contributed by atoms with Crippen LogP contribution in [0.15, 0.2) is 53.4 Å². The van der Waals surface area contributed by atoms with Crippen molar-refractivity contribution in [3.05, 3.63) is 65.5 Å². The van der Waals surface area contributed by atoms with Gasteiger partial charge < -0.3 is 4.74 Å². The topological polar surface area (TPSA) is 73.2 Å². The number of nitrogens with zero attached hydrogens (tertiary/aromatic N) is 2. The highest BCUT2D eigenvalue weighted by Crippen LogP contribution is 2.31. The third-order valence-electron chi connectivity index (χ3n) is 4.09. The summed E-state index contributed by atoms with van der Waals surface area (Å²) < 4.78 is 59.7. The van der Waals surface area contributed by atoms with Gasteiger partial charge in [-0.25, -0.2) is 13.1 Å². The molecular formula is C19H19F2N3O3S. The zero-order chi connectivity index (χ0) is 20.5. The van der Waals surface area contributed by atoms with Gasteiger partial charge in [-0.2, -0.15) is 13.9 Å². The number of hydrogen-bond acceptors (Lipinski definition) is 4. The van der Waals surface area contributed by atoms with Crippen molar-refractivity contribution in [2.45, 2.75) is 32.3 Å². The lowest BCUT2D eigenvalue weighted by molar-refractivity contribution is -0.0493. The Labute approximate surface area is 161 Å². The molecule has 0 unspecified atom stereocenters. The normalized spacial score (nSPS) is 11.6. The largest absolute Gasteiger partial charge is 0.433 e. The average Bonchev–Trinajstić information content (AvgIpc) is 2.92. The number of halogens is 2. The van der Waals surface area contributed by atoms with E-state index in [0.717, 1.165) is 0 Å². The zero-order valence-electron chi connectivity index (χ0n) is 15.5. The van der Waals surface area contributed by atoms with Crippen molar-refractivity contribution >= 4 is 15.7 Å². The second kappa shape index (κ2) is 7.59. The summed E-state index contributed by atoms with van der Waals surface area (Å²) in [4.78, 5) is -0.0131. The summed E-state index contributed by atoms with van der Waals surface area (Å²) in [5.41, 5.74) is 2.03. The predicted octanol–water partition coefficient (Wildman–Crippen LogP) is 4.20. The fourth-order valence-corrected chi connectivity index (χ4v) is 4.41. The summed E-state index contributed by atoms with van der Waals surface area (Å²) in [6.45, 7) is 1.85. The van der Waals surface area contributed by atoms with Crippen LogP contribution in [0.2, 0.25) is 0 Å². The Morgan fingerprint density at radius 2 is 1.75 bits per heavy atom. The van der Waals surface area contributed by atoms with E-state index < -0.39 is 16.6 Å². The first-order valence-electron chi connectivity index (χ1n) is 8.39. The molecule has 0 atom stereocenters. The fraction of sp³-hybridized carbons (Fsp3) is 0.211. The van der Waals surface area contributed by atoms with Gasteiger partial charge in [0.25, 0.3) is 10.0 Å². The summed E-state index contributed by atoms with van der Waals surface area (Å²) in [6, 6.07) is 13.4. The van der Waals surface area contributed by atoms with Crippen molar-refractivity contribution < 1.29 is 21.9 Å². The summed E-state index contributed by atoms with van der Waals surface area (Å²) in [6.07, 6.45) is 0. The van der Waals surface area contributed by atoms with Crippen molar-refractivity contribution in [3.8, 4) is 11.4 Å². The van der Waals surface area contributed by atoms with E-state index in [1.807, 2.05) is 18.2 Å². The minimum absolute atomic E-state index is 0.0131. The quantitative estimate of drug-likeness (QED) is 0.665. The lowest BCUT2D eigenvalue weighted by Gasteiger charge is -2.14. The molecule has 0 bridgehead atoms. The second-order valence-electron chi connectivity index (χ2n) is 6.23. The first-order chi connectivity index (χ1) is 13.2. The first-order valence-corrected chi connectivity index (χ1v) is 9.87. The Morgan fingerprint density at radius 3 is 2.39 bits per heavy atom. The molecule has 6 nitrogen and oxygen atoms in total. The molecule has 148 valence electrons. The molecule has 3 aromatic rings. The zero-order valence-corrected chi connectivity index (χ0v) is 16.3. The van der Waals surface area contributed by atoms with Crippen molar-refractivity contribution in [2.24, 2.45) is 0 Å². The lowest BCUT2D eigenvalue weighted by atomic mass is 10.2. The van der Waals surface area contributed by atoms with Gasteiger partial charge in [0.2, 0.25) is 0 Å². The molecule has 28 heavy (non-hydrogen) atoms. The lowest BCUT2D eigenvalue weighted by Crippen LogP contribution is -2.16. The van der Waals surface area contributed by atoms with E-state index in [-0.39, 0.29) is 22.0 Å². The van der Waals surface area contributed by atoms with Gasteiger partial charge in [0, 0.05) is 0 Å². The number of para-hydroxylation sites is 1. The summed E-state index contributed by atoms with van der Waals surface area (Å²) in [5.74, 6) is -0.255. The smallest absolute Gasteiger partial charge is 0.387 e. The highest BCUT2D eigenvalue weighted by atomic mass is 32.2. The minimum atomic E-state index is -4.10. The summed E-state index contributed by atoms with van der Waals surface area (Å²) in [7, 11) is -4.10. The van der Waals surface area contributed by atoms with Crippen LogP contribution in [0.1, 0.15) is 17.0 Å². The van der Waals surface area contributed by atoms with Crippen LogP contribution in [0.4, 0.5) is 14.5 Å². The molecular weight excluding hydrogens is 388 g/mol. The number of aromatic nitrogens is 2. The Balaban J connectivity index is 2.04. The first kappa shape index (κ1) is 19.8. The maximum absolute atomic E-state index is 13.0. The highest BCUT2D eigenvalue weighted by Gasteiger charge is 2.26. The third-order valence-corrected chi connectivity index (χ3v) is 5.71. The molecule has 0 saturated heterocycles. The number of hydrogen-bond donors (Lipinski definition) is 1. The molecule has 0 spiro atoms. The van der Waals surface area contributed by atoms with Gasteiger partial charge in [0.15, 0.2) is 0 Å². The van der Waals surface area contributed by atoms with E-state index in [9.17, 15) is 17.2 Å². The number of benzene rings is 2. The summed E-state index contributed by atoms with van der Waals surface area (Å²) in [5, 5.41) is 4.32. The Morgan fingerprint density at radius 1 is 1.07 bits per heavy atom. The minimum Gasteiger partial charge on any atom is -0.433 e. The van der Waals surface area contributed by atoms with E-state index in [2.05, 4.69) is 14.6 Å². The maximum Gasteiger partial charge on any atom is 0.387 e. The van der Waals surface area contributed by atoms with Crippen LogP contribution in [-0.4, -0.2) is 24.8 Å². The third kappa shape index (κ3) is 3.99. The van der Waals surface area contributed by atoms with Crippen LogP contribution in [0.3, 0.4) is 0 Å². The molecule has 1 aromatic heterocycles. The molecule has 9 heteroatoms. The van der Waals surface area contributed by atoms with Gasteiger partial charge in [-0.15, -0.1) is 0 Å². The van der Waals surface area contributed by atoms with Gasteiger partial charge in [-0.1, -0.05) is 24.3 Å². The van der Waals surface area contributed by atoms with Gasteiger partial charge in [-0.05, 0) is 50.6 Å². The Kier molecular flexibility index (Phi) is 5.37. The number of ether oxygens (including phenoxy) is 1. The van der Waals surface area contributed by atoms with Crippen molar-refractivity contribution in [3.63, 3.8) is 0 Å². The fourth-order valence-electron chi connectivity index (χ4n) is 2.96. The van der Waals surface area contributed by atoms with Crippen LogP contribution in [-0.2, 0) is 10.0 Å². The molecule has 0 fully saturated rings. The van der Waals surface area contributed by atoms with E-state index in [4.69, 9.17) is 0 Å². The summed E-state index contributed by atoms with van der Waals surface area (Å²) >= 11 is 0. The van der Waals surface area contributed by atoms with Crippen molar-refractivity contribution in [2.75, 3.05) is 4.72 Å². The van der Waals surface area contributed by atoms with Crippen molar-refractivity contribution in [1.82, 2.24) is 9.78 Å². The number of sulfonamides is 1. The van der Waals surface area contributed by atoms with Crippen LogP contribution in [0.25, 0.3) is 5.69 Å². The molecule has 0 aliphatic carbocycles. The Bertz CT molecular complexity index is 1100. The molecule has 0 amide bonds. The number of anilines is 1. The maximum atomic E-state index is 13.0. The number of rotatable bonds is 6. The molecule has 0 saturated carbocycles. The van der Waals surface area contributed by atoms with E-state index >= 15 is 0 Å². The van der Waals surface area contributed by atoms with Crippen LogP contribution in [0, 0.1) is 20.8 Å². The number of nitrogens with one attached hydrogen (secondary N) is 1. The van der Waals surface area contributed by atoms with E-state index in [1.165, 1.54) is 16.8 Å². The monoisotopic (exact) mass is 407 g/mol. The predicted molar refractivity (Wildman–Crippen MR) is 102 cm³/mol. The molecule has 0 aliphatic rings. The molecule has 0 radical (unpaired) electrons. The van der Waals surface area contributed by atoms with Crippen LogP contribution < -0.4 is 9.46 Å². The van der Waals surface area contributed by atoms with E-state index in [0.29, 0.717) is 16.9 Å². The van der Waals surface area contributed by atoms with Crippen LogP contribution >= 0.6 is 0 Å². The molecule has 2 aromatic carbocycles. The second-order valence-corrected chi connectivity index (χ2v) is 7.85. The standard InChI is InChI=1S/C19H19F2N3O3S/c1-12-9-10-17(27-19(20)21)16(11-12)23-28(25,26)18-13(2)22-24(14(18)3)15-7-5-4-6-8-15/h4-11,19,23H,1-3H3. The highest BCUT2D eigenvalue weighted by molar-refractivity contribution is 7.92. The average molecular weight is 407 g/mol. The van der Waals surface area contributed by atoms with Crippen molar-refractivity contribution in [1.29, 1.82) is 0 Å². The Hall–Kier alpha value is -2.94. The molecule has 1 N–H and O–H groups in total. The SMILES string of the molecule is Cc1ccc(OC(F)F)c(NS(=O)(=O)c2c(C)nn(-c3ccccc3)c2C)c1. The molecule has 1 heterocycles. The van der Waals surface area contributed by atoms with Gasteiger partial charge in [0.05, 0.1) is 22.8 Å². The number of alkyl halides is 2. The molecule has 3 rings (SSSR count). The van der Waals surface area contributed by atoms with E-state index in [1.54, 1.807) is 39.0 Å². The number of aryl methyl sites for hydroxylation is 2.